The molecule has 1 atom stereocenters. The van der Waals surface area contributed by atoms with Gasteiger partial charge in [0.2, 0.25) is 0 Å². The Hall–Kier alpha value is -1.22. The number of hydrogen-bond acceptors (Lipinski definition) is 2. The first-order valence-corrected chi connectivity index (χ1v) is 8.77. The first-order valence-electron chi connectivity index (χ1n) is 6.86. The number of benzene rings is 1. The quantitative estimate of drug-likeness (QED) is 0.768. The van der Waals surface area contributed by atoms with E-state index in [9.17, 15) is 0 Å². The third-order valence-electron chi connectivity index (χ3n) is 3.62. The van der Waals surface area contributed by atoms with Gasteiger partial charge in [0.1, 0.15) is 0 Å². The van der Waals surface area contributed by atoms with Crippen LogP contribution in [-0.2, 0) is 0 Å². The Bertz CT molecular complexity index is 400. The van der Waals surface area contributed by atoms with Gasteiger partial charge in [-0.2, -0.15) is 0 Å². The van der Waals surface area contributed by atoms with Crippen LogP contribution in [0.3, 0.4) is 0 Å². The molecule has 0 saturated heterocycles. The van der Waals surface area contributed by atoms with Gasteiger partial charge >= 0.3 is 0 Å². The summed E-state index contributed by atoms with van der Waals surface area (Å²) in [6, 6.07) is 12.2. The molecular weight excluding hydrogens is 236 g/mol. The van der Waals surface area contributed by atoms with Crippen LogP contribution in [0.5, 0.6) is 0 Å². The first kappa shape index (κ1) is 13.2. The van der Waals surface area contributed by atoms with Crippen LogP contribution in [0.25, 0.3) is 0 Å². The zero-order valence-electron chi connectivity index (χ0n) is 11.9. The van der Waals surface area contributed by atoms with E-state index >= 15 is 0 Å². The molecule has 1 aromatic carbocycles. The van der Waals surface area contributed by atoms with E-state index in [0.29, 0.717) is 12.1 Å². The van der Waals surface area contributed by atoms with Gasteiger partial charge in [-0.15, -0.1) is 0 Å². The molecule has 0 spiro atoms. The van der Waals surface area contributed by atoms with Crippen molar-refractivity contribution in [1.29, 1.82) is 0 Å². The highest BCUT2D eigenvalue weighted by Crippen LogP contribution is 2.14. The molecule has 3 heteroatoms. The molecular formula is C15H24N2Si. The number of nitrogens with zero attached hydrogens (tertiary/aromatic N) is 2. The van der Waals surface area contributed by atoms with E-state index in [1.54, 1.807) is 5.19 Å². The maximum atomic E-state index is 2.59. The Morgan fingerprint density at radius 3 is 2.17 bits per heavy atom. The first-order chi connectivity index (χ1) is 8.59. The molecule has 1 aromatic rings. The van der Waals surface area contributed by atoms with Crippen molar-refractivity contribution in [1.82, 2.24) is 9.47 Å². The van der Waals surface area contributed by atoms with Crippen molar-refractivity contribution in [3.05, 3.63) is 42.7 Å². The number of rotatable bonds is 3. The minimum absolute atomic E-state index is 0.590. The zero-order valence-corrected chi connectivity index (χ0v) is 13.0. The van der Waals surface area contributed by atoms with E-state index in [1.165, 1.54) is 6.17 Å². The molecule has 0 aliphatic carbocycles. The van der Waals surface area contributed by atoms with Crippen LogP contribution in [0.2, 0.25) is 0 Å². The van der Waals surface area contributed by atoms with E-state index in [2.05, 4.69) is 79.9 Å². The van der Waals surface area contributed by atoms with Gasteiger partial charge in [0.05, 0.1) is 0 Å². The summed E-state index contributed by atoms with van der Waals surface area (Å²) in [6.45, 7) is 9.12. The molecule has 2 rings (SSSR count). The van der Waals surface area contributed by atoms with Crippen molar-refractivity contribution in [3.63, 3.8) is 0 Å². The molecule has 1 aliphatic rings. The number of hydrogen-bond donors (Lipinski definition) is 0. The van der Waals surface area contributed by atoms with E-state index in [0.717, 1.165) is 0 Å². The van der Waals surface area contributed by atoms with Gasteiger partial charge in [0.15, 0.2) is 8.96 Å². The molecule has 18 heavy (non-hydrogen) atoms. The highest BCUT2D eigenvalue weighted by Gasteiger charge is 2.28. The second-order valence-electron chi connectivity index (χ2n) is 5.56. The molecule has 0 radical (unpaired) electrons. The summed E-state index contributed by atoms with van der Waals surface area (Å²) in [6.07, 6.45) is 5.77. The second-order valence-corrected chi connectivity index (χ2v) is 8.22. The van der Waals surface area contributed by atoms with Gasteiger partial charge in [-0.05, 0) is 32.9 Å². The van der Waals surface area contributed by atoms with E-state index in [-0.39, 0.29) is 0 Å². The summed E-state index contributed by atoms with van der Waals surface area (Å²) in [4.78, 5) is 2.47. The van der Waals surface area contributed by atoms with E-state index in [4.69, 9.17) is 0 Å². The van der Waals surface area contributed by atoms with Crippen LogP contribution < -0.4 is 5.19 Å². The molecule has 0 saturated carbocycles. The lowest BCUT2D eigenvalue weighted by Gasteiger charge is -2.42. The van der Waals surface area contributed by atoms with Gasteiger partial charge in [-0.25, -0.2) is 0 Å². The predicted molar refractivity (Wildman–Crippen MR) is 81.2 cm³/mol. The third-order valence-corrected chi connectivity index (χ3v) is 7.03. The summed E-state index contributed by atoms with van der Waals surface area (Å²) < 4.78 is 2.59. The molecule has 2 nitrogen and oxygen atoms in total. The summed E-state index contributed by atoms with van der Waals surface area (Å²) in [7, 11) is -1.10. The Kier molecular flexibility index (Phi) is 4.12. The van der Waals surface area contributed by atoms with Crippen LogP contribution in [-0.4, -0.2) is 36.7 Å². The van der Waals surface area contributed by atoms with Crippen LogP contribution in [0.15, 0.2) is 42.7 Å². The molecule has 0 fully saturated rings. The predicted octanol–water partition coefficient (Wildman–Crippen LogP) is 2.06. The molecule has 1 unspecified atom stereocenters. The fraction of sp³-hybridized carbons (Fsp3) is 0.467. The maximum Gasteiger partial charge on any atom is 0.190 e. The second kappa shape index (κ2) is 5.61. The van der Waals surface area contributed by atoms with Gasteiger partial charge in [-0.3, -0.25) is 0 Å². The minimum atomic E-state index is -1.10. The Morgan fingerprint density at radius 2 is 1.61 bits per heavy atom. The molecule has 1 aliphatic heterocycles. The lowest BCUT2D eigenvalue weighted by Crippen LogP contribution is -2.58. The molecule has 0 amide bonds. The SMILES string of the molecule is CC(C)N1C=CN(C(C)C)[SiH](c2ccccc2)C1. The maximum absolute atomic E-state index is 2.59. The molecule has 98 valence electrons. The smallest absolute Gasteiger partial charge is 0.190 e. The monoisotopic (exact) mass is 260 g/mol. The Balaban J connectivity index is 2.27. The largest absolute Gasteiger partial charge is 0.397 e. The zero-order chi connectivity index (χ0) is 13.1. The molecule has 0 N–H and O–H groups in total. The van der Waals surface area contributed by atoms with Crippen molar-refractivity contribution in [2.45, 2.75) is 39.8 Å². The van der Waals surface area contributed by atoms with Crippen LogP contribution >= 0.6 is 0 Å². The van der Waals surface area contributed by atoms with Crippen molar-refractivity contribution in [2.24, 2.45) is 0 Å². The molecule has 0 aromatic heterocycles. The van der Waals surface area contributed by atoms with Crippen molar-refractivity contribution in [2.75, 3.05) is 6.17 Å². The standard InChI is InChI=1S/C15H24N2Si/c1-13(2)16-10-11-17(14(3)4)18(12-16)15-8-6-5-7-9-15/h5-11,13-14,18H,12H2,1-4H3. The van der Waals surface area contributed by atoms with E-state index < -0.39 is 8.96 Å². The topological polar surface area (TPSA) is 6.48 Å². The fourth-order valence-corrected chi connectivity index (χ4v) is 5.85. The molecule has 1 heterocycles. The van der Waals surface area contributed by atoms with E-state index in [1.807, 2.05) is 0 Å². The third kappa shape index (κ3) is 2.78. The summed E-state index contributed by atoms with van der Waals surface area (Å²) in [5.41, 5.74) is 0. The van der Waals surface area contributed by atoms with Gasteiger partial charge < -0.3 is 9.47 Å². The van der Waals surface area contributed by atoms with Gasteiger partial charge in [0.25, 0.3) is 0 Å². The Labute approximate surface area is 113 Å². The van der Waals surface area contributed by atoms with Crippen LogP contribution in [0.4, 0.5) is 0 Å². The normalized spacial score (nSPS) is 20.0. The highest BCUT2D eigenvalue weighted by atomic mass is 28.3. The highest BCUT2D eigenvalue weighted by molar-refractivity contribution is 6.71. The average molecular weight is 260 g/mol. The van der Waals surface area contributed by atoms with Crippen molar-refractivity contribution >= 4 is 14.1 Å². The van der Waals surface area contributed by atoms with Crippen molar-refractivity contribution in [3.8, 4) is 0 Å². The summed E-state index contributed by atoms with van der Waals surface area (Å²) in [5.74, 6) is 0. The lowest BCUT2D eigenvalue weighted by atomic mass is 10.3. The van der Waals surface area contributed by atoms with Crippen LogP contribution in [0.1, 0.15) is 27.7 Å². The van der Waals surface area contributed by atoms with Gasteiger partial charge in [0, 0.05) is 30.7 Å². The Morgan fingerprint density at radius 1 is 0.944 bits per heavy atom. The molecule has 0 bridgehead atoms. The lowest BCUT2D eigenvalue weighted by molar-refractivity contribution is 0.317. The van der Waals surface area contributed by atoms with Gasteiger partial charge in [-0.1, -0.05) is 30.3 Å². The average Bonchev–Trinajstić information content (AvgIpc) is 2.39. The van der Waals surface area contributed by atoms with Crippen LogP contribution in [0, 0.1) is 0 Å². The fourth-order valence-electron chi connectivity index (χ4n) is 2.49. The minimum Gasteiger partial charge on any atom is -0.397 e. The van der Waals surface area contributed by atoms with Crippen molar-refractivity contribution < 1.29 is 0 Å². The summed E-state index contributed by atoms with van der Waals surface area (Å²) in [5, 5.41) is 1.54. The summed E-state index contributed by atoms with van der Waals surface area (Å²) >= 11 is 0.